The van der Waals surface area contributed by atoms with Gasteiger partial charge in [0.15, 0.2) is 0 Å². The van der Waals surface area contributed by atoms with Crippen LogP contribution in [-0.4, -0.2) is 48.6 Å². The van der Waals surface area contributed by atoms with Crippen molar-refractivity contribution in [1.29, 1.82) is 0 Å². The first-order valence-corrected chi connectivity index (χ1v) is 8.83. The zero-order valence-electron chi connectivity index (χ0n) is 12.8. The summed E-state index contributed by atoms with van der Waals surface area (Å²) in [6.45, 7) is 12.7. The van der Waals surface area contributed by atoms with Gasteiger partial charge in [-0.15, -0.1) is 11.3 Å². The van der Waals surface area contributed by atoms with Gasteiger partial charge in [0.1, 0.15) is 0 Å². The lowest BCUT2D eigenvalue weighted by Crippen LogP contribution is -2.46. The van der Waals surface area contributed by atoms with Gasteiger partial charge in [0.05, 0.1) is 0 Å². The first-order chi connectivity index (χ1) is 9.76. The smallest absolute Gasteiger partial charge is 0.0299 e. The number of hydrogen-bond acceptors (Lipinski definition) is 4. The molecule has 1 saturated heterocycles. The molecule has 0 unspecified atom stereocenters. The zero-order chi connectivity index (χ0) is 13.9. The molecule has 0 amide bonds. The lowest BCUT2D eigenvalue weighted by molar-refractivity contribution is 0.121. The molecule has 2 fully saturated rings. The average Bonchev–Trinajstić information content (AvgIpc) is 3.24. The standard InChI is InChI=1S/C16H27N3S/c1-3-17-11-16-10-14(13(2)20-16)12-18-6-8-19(9-7-18)15-4-5-15/h10,15,17H,3-9,11-12H2,1-2H3. The Bertz CT molecular complexity index is 431. The number of piperazine rings is 1. The summed E-state index contributed by atoms with van der Waals surface area (Å²) in [5.74, 6) is 0. The van der Waals surface area contributed by atoms with E-state index in [1.54, 1.807) is 5.56 Å². The van der Waals surface area contributed by atoms with Crippen LogP contribution in [0.4, 0.5) is 0 Å². The third-order valence-electron chi connectivity index (χ3n) is 4.48. The van der Waals surface area contributed by atoms with E-state index in [4.69, 9.17) is 0 Å². The van der Waals surface area contributed by atoms with Crippen molar-refractivity contribution in [1.82, 2.24) is 15.1 Å². The monoisotopic (exact) mass is 293 g/mol. The maximum absolute atomic E-state index is 3.42. The van der Waals surface area contributed by atoms with Crippen molar-refractivity contribution in [3.05, 3.63) is 21.4 Å². The Morgan fingerprint density at radius 2 is 2.00 bits per heavy atom. The highest BCUT2D eigenvalue weighted by Crippen LogP contribution is 2.28. The van der Waals surface area contributed by atoms with E-state index in [9.17, 15) is 0 Å². The molecular formula is C16H27N3S. The van der Waals surface area contributed by atoms with Crippen molar-refractivity contribution >= 4 is 11.3 Å². The summed E-state index contributed by atoms with van der Waals surface area (Å²) in [4.78, 5) is 8.30. The van der Waals surface area contributed by atoms with Crippen LogP contribution in [0.2, 0.25) is 0 Å². The first-order valence-electron chi connectivity index (χ1n) is 8.01. The molecule has 4 heteroatoms. The minimum absolute atomic E-state index is 0.937. The van der Waals surface area contributed by atoms with Crippen LogP contribution in [0.1, 0.15) is 35.1 Å². The number of thiophene rings is 1. The second-order valence-corrected chi connectivity index (χ2v) is 7.46. The number of nitrogens with one attached hydrogen (secondary N) is 1. The molecule has 1 aromatic heterocycles. The number of aryl methyl sites for hydroxylation is 1. The lowest BCUT2D eigenvalue weighted by Gasteiger charge is -2.34. The SMILES string of the molecule is CCNCc1cc(CN2CCN(C3CC3)CC2)c(C)s1. The lowest BCUT2D eigenvalue weighted by atomic mass is 10.2. The molecule has 0 spiro atoms. The summed E-state index contributed by atoms with van der Waals surface area (Å²) < 4.78 is 0. The molecule has 0 aromatic carbocycles. The van der Waals surface area contributed by atoms with Crippen LogP contribution < -0.4 is 5.32 Å². The van der Waals surface area contributed by atoms with Gasteiger partial charge >= 0.3 is 0 Å². The highest BCUT2D eigenvalue weighted by atomic mass is 32.1. The molecule has 3 nitrogen and oxygen atoms in total. The quantitative estimate of drug-likeness (QED) is 0.869. The molecule has 0 atom stereocenters. The van der Waals surface area contributed by atoms with Crippen LogP contribution in [0.25, 0.3) is 0 Å². The van der Waals surface area contributed by atoms with Crippen molar-refractivity contribution in [2.75, 3.05) is 32.7 Å². The second kappa shape index (κ2) is 6.56. The molecule has 1 aromatic rings. The largest absolute Gasteiger partial charge is 0.312 e. The van der Waals surface area contributed by atoms with Crippen LogP contribution in [0.5, 0.6) is 0 Å². The molecule has 1 aliphatic heterocycles. The highest BCUT2D eigenvalue weighted by Gasteiger charge is 2.31. The molecule has 2 heterocycles. The Morgan fingerprint density at radius 3 is 2.65 bits per heavy atom. The van der Waals surface area contributed by atoms with Crippen molar-refractivity contribution < 1.29 is 0 Å². The Morgan fingerprint density at radius 1 is 1.25 bits per heavy atom. The van der Waals surface area contributed by atoms with Crippen LogP contribution in [0.15, 0.2) is 6.07 Å². The Labute approximate surface area is 127 Å². The summed E-state index contributed by atoms with van der Waals surface area (Å²) in [5.41, 5.74) is 1.54. The summed E-state index contributed by atoms with van der Waals surface area (Å²) in [5, 5.41) is 3.42. The molecular weight excluding hydrogens is 266 g/mol. The molecule has 1 saturated carbocycles. The van der Waals surface area contributed by atoms with Gasteiger partial charge in [-0.25, -0.2) is 0 Å². The molecule has 112 valence electrons. The Balaban J connectivity index is 1.51. The van der Waals surface area contributed by atoms with Gasteiger partial charge in [0, 0.05) is 55.1 Å². The zero-order valence-corrected chi connectivity index (χ0v) is 13.6. The minimum Gasteiger partial charge on any atom is -0.312 e. The number of rotatable bonds is 6. The van der Waals surface area contributed by atoms with Gasteiger partial charge in [0.2, 0.25) is 0 Å². The van der Waals surface area contributed by atoms with Gasteiger partial charge < -0.3 is 5.32 Å². The normalized spacial score (nSPS) is 21.5. The fourth-order valence-corrected chi connectivity index (χ4v) is 4.07. The summed E-state index contributed by atoms with van der Waals surface area (Å²) in [6.07, 6.45) is 2.88. The number of nitrogens with zero attached hydrogens (tertiary/aromatic N) is 2. The van der Waals surface area contributed by atoms with E-state index in [0.29, 0.717) is 0 Å². The Kier molecular flexibility index (Phi) is 4.76. The molecule has 0 radical (unpaired) electrons. The average molecular weight is 293 g/mol. The predicted molar refractivity (Wildman–Crippen MR) is 86.3 cm³/mol. The minimum atomic E-state index is 0.937. The van der Waals surface area contributed by atoms with E-state index >= 15 is 0 Å². The fraction of sp³-hybridized carbons (Fsp3) is 0.750. The van der Waals surface area contributed by atoms with Gasteiger partial charge in [-0.3, -0.25) is 9.80 Å². The summed E-state index contributed by atoms with van der Waals surface area (Å²) in [7, 11) is 0. The summed E-state index contributed by atoms with van der Waals surface area (Å²) in [6, 6.07) is 3.35. The predicted octanol–water partition coefficient (Wildman–Crippen LogP) is 2.45. The van der Waals surface area contributed by atoms with Crippen LogP contribution in [-0.2, 0) is 13.1 Å². The van der Waals surface area contributed by atoms with E-state index in [1.165, 1.54) is 48.8 Å². The molecule has 2 aliphatic rings. The Hall–Kier alpha value is -0.420. The second-order valence-electron chi connectivity index (χ2n) is 6.12. The first kappa shape index (κ1) is 14.5. The van der Waals surface area contributed by atoms with E-state index < -0.39 is 0 Å². The van der Waals surface area contributed by atoms with Crippen LogP contribution in [0.3, 0.4) is 0 Å². The van der Waals surface area contributed by atoms with E-state index in [-0.39, 0.29) is 0 Å². The third-order valence-corrected chi connectivity index (χ3v) is 5.58. The van der Waals surface area contributed by atoms with Crippen LogP contribution >= 0.6 is 11.3 Å². The van der Waals surface area contributed by atoms with E-state index in [0.717, 1.165) is 25.7 Å². The van der Waals surface area contributed by atoms with Gasteiger partial charge in [0.25, 0.3) is 0 Å². The van der Waals surface area contributed by atoms with Gasteiger partial charge in [-0.05, 0) is 37.9 Å². The van der Waals surface area contributed by atoms with Crippen molar-refractivity contribution in [3.63, 3.8) is 0 Å². The van der Waals surface area contributed by atoms with Crippen LogP contribution in [0, 0.1) is 6.92 Å². The fourth-order valence-electron chi connectivity index (χ4n) is 3.05. The topological polar surface area (TPSA) is 18.5 Å². The van der Waals surface area contributed by atoms with Gasteiger partial charge in [-0.1, -0.05) is 6.92 Å². The molecule has 0 bridgehead atoms. The van der Waals surface area contributed by atoms with E-state index in [2.05, 4.69) is 35.0 Å². The van der Waals surface area contributed by atoms with Crippen molar-refractivity contribution in [2.45, 2.75) is 45.8 Å². The maximum atomic E-state index is 3.42. The molecule has 20 heavy (non-hydrogen) atoms. The molecule has 3 rings (SSSR count). The van der Waals surface area contributed by atoms with Crippen molar-refractivity contribution in [2.24, 2.45) is 0 Å². The van der Waals surface area contributed by atoms with Gasteiger partial charge in [-0.2, -0.15) is 0 Å². The molecule has 1 N–H and O–H groups in total. The van der Waals surface area contributed by atoms with E-state index in [1.807, 2.05) is 11.3 Å². The number of hydrogen-bond donors (Lipinski definition) is 1. The molecule has 1 aliphatic carbocycles. The highest BCUT2D eigenvalue weighted by molar-refractivity contribution is 7.12. The third kappa shape index (κ3) is 3.61. The van der Waals surface area contributed by atoms with Crippen molar-refractivity contribution in [3.8, 4) is 0 Å². The summed E-state index contributed by atoms with van der Waals surface area (Å²) >= 11 is 1.96. The maximum Gasteiger partial charge on any atom is 0.0299 e.